The van der Waals surface area contributed by atoms with E-state index in [1.165, 1.54) is 23.5 Å². The van der Waals surface area contributed by atoms with Gasteiger partial charge in [-0.1, -0.05) is 18.5 Å². The molecule has 33 heavy (non-hydrogen) atoms. The third-order valence-electron chi connectivity index (χ3n) is 5.86. The van der Waals surface area contributed by atoms with Crippen LogP contribution < -0.4 is 10.2 Å². The third-order valence-corrected chi connectivity index (χ3v) is 7.16. The molecule has 0 aliphatic carbocycles. The molecule has 7 nitrogen and oxygen atoms in total. The van der Waals surface area contributed by atoms with Crippen molar-refractivity contribution < 1.29 is 19.1 Å². The highest BCUT2D eigenvalue weighted by atomic mass is 35.5. The van der Waals surface area contributed by atoms with Gasteiger partial charge in [0, 0.05) is 16.0 Å². The van der Waals surface area contributed by atoms with Crippen LogP contribution in [0.4, 0.5) is 14.9 Å². The monoisotopic (exact) mass is 484 g/mol. The summed E-state index contributed by atoms with van der Waals surface area (Å²) >= 11 is 7.47. The van der Waals surface area contributed by atoms with Gasteiger partial charge in [0.25, 0.3) is 0 Å². The zero-order valence-electron chi connectivity index (χ0n) is 17.3. The Hall–Kier alpha value is -3.43. The molecule has 4 aromatic rings. The summed E-state index contributed by atoms with van der Waals surface area (Å²) in [5.41, 5.74) is 2.13. The van der Waals surface area contributed by atoms with Crippen LogP contribution in [0.25, 0.3) is 16.6 Å². The highest BCUT2D eigenvalue weighted by Gasteiger charge is 2.48. The summed E-state index contributed by atoms with van der Waals surface area (Å²) in [5, 5.41) is 17.1. The van der Waals surface area contributed by atoms with Gasteiger partial charge >= 0.3 is 6.09 Å². The van der Waals surface area contributed by atoms with Gasteiger partial charge in [0.05, 0.1) is 39.7 Å². The fraction of sp³-hybridized carbons (Fsp3) is 0.174. The van der Waals surface area contributed by atoms with Gasteiger partial charge in [0.15, 0.2) is 0 Å². The van der Waals surface area contributed by atoms with Crippen LogP contribution in [0.2, 0.25) is 4.34 Å². The Kier molecular flexibility index (Phi) is 5.30. The predicted molar refractivity (Wildman–Crippen MR) is 125 cm³/mol. The van der Waals surface area contributed by atoms with Crippen molar-refractivity contribution in [1.82, 2.24) is 15.1 Å². The number of nitrogens with zero attached hydrogens (tertiary/aromatic N) is 3. The van der Waals surface area contributed by atoms with Crippen LogP contribution in [0, 0.1) is 11.7 Å². The van der Waals surface area contributed by atoms with Crippen molar-refractivity contribution in [2.45, 2.75) is 19.0 Å². The van der Waals surface area contributed by atoms with Crippen molar-refractivity contribution in [1.29, 1.82) is 0 Å². The molecular formula is C23H18ClFN4O3S. The lowest BCUT2D eigenvalue weighted by Gasteiger charge is -2.27. The van der Waals surface area contributed by atoms with E-state index in [1.807, 2.05) is 18.2 Å². The lowest BCUT2D eigenvalue weighted by Crippen LogP contribution is -2.41. The number of aromatic nitrogens is 2. The van der Waals surface area contributed by atoms with Crippen molar-refractivity contribution in [3.63, 3.8) is 0 Å². The first-order valence-electron chi connectivity index (χ1n) is 10.1. The van der Waals surface area contributed by atoms with Crippen LogP contribution in [0.1, 0.15) is 17.8 Å². The molecule has 2 amide bonds. The maximum atomic E-state index is 13.3. The van der Waals surface area contributed by atoms with Crippen LogP contribution >= 0.6 is 22.9 Å². The van der Waals surface area contributed by atoms with Gasteiger partial charge < -0.3 is 15.3 Å². The second-order valence-electron chi connectivity index (χ2n) is 7.83. The molecule has 168 valence electrons. The van der Waals surface area contributed by atoms with E-state index >= 15 is 0 Å². The maximum absolute atomic E-state index is 13.3. The van der Waals surface area contributed by atoms with E-state index in [0.717, 1.165) is 15.8 Å². The first-order chi connectivity index (χ1) is 15.8. The Morgan fingerprint density at radius 2 is 1.88 bits per heavy atom. The Labute approximate surface area is 197 Å². The maximum Gasteiger partial charge on any atom is 0.404 e. The standard InChI is InChI=1S/C23H18ClFN4O3S/c1-12-20(27-23(31)32)21(18-8-9-19(24)33-18)28(22(12)30)16-6-7-17-13(10-16)11-26-29(17)15-4-2-14(25)3-5-15/h2-12,20-21,27H,1H3,(H,31,32)/t12-,20-,21+/m0/s1. The van der Waals surface area contributed by atoms with Crippen molar-refractivity contribution in [2.24, 2.45) is 5.92 Å². The van der Waals surface area contributed by atoms with Crippen LogP contribution in [0.15, 0.2) is 60.8 Å². The molecule has 2 aromatic carbocycles. The van der Waals surface area contributed by atoms with Gasteiger partial charge in [0.1, 0.15) is 5.82 Å². The molecule has 1 aliphatic rings. The van der Waals surface area contributed by atoms with E-state index in [2.05, 4.69) is 10.4 Å². The molecule has 3 atom stereocenters. The van der Waals surface area contributed by atoms with E-state index in [0.29, 0.717) is 15.7 Å². The number of rotatable bonds is 4. The molecule has 2 aromatic heterocycles. The normalized spacial score (nSPS) is 20.5. The van der Waals surface area contributed by atoms with Gasteiger partial charge in [-0.25, -0.2) is 13.9 Å². The Bertz CT molecular complexity index is 1370. The molecule has 0 spiro atoms. The Morgan fingerprint density at radius 3 is 2.55 bits per heavy atom. The highest BCUT2D eigenvalue weighted by molar-refractivity contribution is 7.16. The molecule has 0 radical (unpaired) electrons. The first-order valence-corrected chi connectivity index (χ1v) is 11.3. The lowest BCUT2D eigenvalue weighted by molar-refractivity contribution is -0.120. The minimum atomic E-state index is -1.19. The van der Waals surface area contributed by atoms with Crippen molar-refractivity contribution in [2.75, 3.05) is 4.90 Å². The second-order valence-corrected chi connectivity index (χ2v) is 9.58. The fourth-order valence-corrected chi connectivity index (χ4v) is 5.53. The van der Waals surface area contributed by atoms with Crippen molar-refractivity contribution >= 4 is 51.5 Å². The first kappa shape index (κ1) is 21.4. The lowest BCUT2D eigenvalue weighted by atomic mass is 9.99. The van der Waals surface area contributed by atoms with Gasteiger partial charge in [-0.3, -0.25) is 4.79 Å². The fourth-order valence-electron chi connectivity index (χ4n) is 4.33. The number of carbonyl (C=O) groups is 2. The van der Waals surface area contributed by atoms with Crippen molar-refractivity contribution in [3.8, 4) is 5.69 Å². The quantitative estimate of drug-likeness (QED) is 0.414. The SMILES string of the molecule is C[C@@H]1C(=O)N(c2ccc3c(cnn3-c3ccc(F)cc3)c2)[C@H](c2ccc(Cl)s2)[C@H]1NC(=O)O. The second kappa shape index (κ2) is 8.17. The zero-order chi connectivity index (χ0) is 23.3. The van der Waals surface area contributed by atoms with Crippen molar-refractivity contribution in [3.05, 3.63) is 75.8 Å². The topological polar surface area (TPSA) is 87.5 Å². The number of halogens is 2. The van der Waals surface area contributed by atoms with Gasteiger partial charge in [-0.05, 0) is 54.6 Å². The largest absolute Gasteiger partial charge is 0.465 e. The molecule has 5 rings (SSSR count). The summed E-state index contributed by atoms with van der Waals surface area (Å²) in [6.45, 7) is 1.72. The molecule has 3 heterocycles. The van der Waals surface area contributed by atoms with Crippen LogP contribution in [-0.4, -0.2) is 32.9 Å². The number of amides is 2. The third kappa shape index (κ3) is 3.73. The number of hydrogen-bond donors (Lipinski definition) is 2. The Balaban J connectivity index is 1.58. The zero-order valence-corrected chi connectivity index (χ0v) is 18.8. The number of carboxylic acid groups (broad SMARTS) is 1. The van der Waals surface area contributed by atoms with E-state index in [1.54, 1.807) is 47.0 Å². The molecule has 0 unspecified atom stereocenters. The van der Waals surface area contributed by atoms with Gasteiger partial charge in [0.2, 0.25) is 5.91 Å². The molecule has 1 fully saturated rings. The number of carbonyl (C=O) groups excluding carboxylic acids is 1. The molecule has 2 N–H and O–H groups in total. The van der Waals surface area contributed by atoms with Crippen LogP contribution in [0.3, 0.4) is 0 Å². The summed E-state index contributed by atoms with van der Waals surface area (Å²) < 4.78 is 15.6. The number of hydrogen-bond acceptors (Lipinski definition) is 4. The summed E-state index contributed by atoms with van der Waals surface area (Å²) in [6.07, 6.45) is 0.487. The average Bonchev–Trinajstić information content (AvgIpc) is 3.46. The summed E-state index contributed by atoms with van der Waals surface area (Å²) in [4.78, 5) is 27.2. The number of thiophene rings is 1. The highest BCUT2D eigenvalue weighted by Crippen LogP contribution is 2.43. The molecule has 1 aliphatic heterocycles. The number of anilines is 1. The van der Waals surface area contributed by atoms with E-state index in [9.17, 15) is 19.1 Å². The summed E-state index contributed by atoms with van der Waals surface area (Å²) in [7, 11) is 0. The summed E-state index contributed by atoms with van der Waals surface area (Å²) in [6, 6.07) is 13.9. The average molecular weight is 485 g/mol. The summed E-state index contributed by atoms with van der Waals surface area (Å²) in [5.74, 6) is -1.08. The van der Waals surface area contributed by atoms with E-state index in [-0.39, 0.29) is 11.7 Å². The minimum absolute atomic E-state index is 0.187. The van der Waals surface area contributed by atoms with Gasteiger partial charge in [-0.15, -0.1) is 11.3 Å². The van der Waals surface area contributed by atoms with Crippen LogP contribution in [-0.2, 0) is 4.79 Å². The molecule has 1 saturated heterocycles. The number of benzene rings is 2. The van der Waals surface area contributed by atoms with Gasteiger partial charge in [-0.2, -0.15) is 5.10 Å². The van der Waals surface area contributed by atoms with E-state index < -0.39 is 24.1 Å². The number of fused-ring (bicyclic) bond motifs is 1. The smallest absolute Gasteiger partial charge is 0.404 e. The van der Waals surface area contributed by atoms with E-state index in [4.69, 9.17) is 11.6 Å². The minimum Gasteiger partial charge on any atom is -0.465 e. The predicted octanol–water partition coefficient (Wildman–Crippen LogP) is 5.24. The molecular weight excluding hydrogens is 467 g/mol. The molecule has 0 saturated carbocycles. The molecule has 10 heteroatoms. The Morgan fingerprint density at radius 1 is 1.15 bits per heavy atom. The molecule has 0 bridgehead atoms. The van der Waals surface area contributed by atoms with Crippen LogP contribution in [0.5, 0.6) is 0 Å². The number of nitrogens with one attached hydrogen (secondary N) is 1.